The van der Waals surface area contributed by atoms with Gasteiger partial charge in [-0.3, -0.25) is 14.3 Å². The quantitative estimate of drug-likeness (QED) is 0.649. The van der Waals surface area contributed by atoms with Gasteiger partial charge in [-0.25, -0.2) is 4.68 Å². The highest BCUT2D eigenvalue weighted by molar-refractivity contribution is 6.04. The second-order valence-electron chi connectivity index (χ2n) is 7.16. The van der Waals surface area contributed by atoms with E-state index in [0.29, 0.717) is 29.6 Å². The molecule has 2 aromatic heterocycles. The first-order valence-corrected chi connectivity index (χ1v) is 9.21. The Morgan fingerprint density at radius 2 is 1.96 bits per heavy atom. The molecule has 0 radical (unpaired) electrons. The van der Waals surface area contributed by atoms with Crippen LogP contribution in [0.5, 0.6) is 0 Å². The van der Waals surface area contributed by atoms with E-state index in [2.05, 4.69) is 15.5 Å². The lowest BCUT2D eigenvalue weighted by Gasteiger charge is -2.12. The maximum atomic E-state index is 12.7. The number of amides is 1. The number of hydrogen-bond acceptors (Lipinski definition) is 4. The summed E-state index contributed by atoms with van der Waals surface area (Å²) < 4.78 is 3.17. The van der Waals surface area contributed by atoms with Gasteiger partial charge in [0.15, 0.2) is 5.69 Å². The summed E-state index contributed by atoms with van der Waals surface area (Å²) in [4.78, 5) is 25.3. The minimum absolute atomic E-state index is 0.160. The molecule has 0 unspecified atom stereocenters. The second kappa shape index (κ2) is 8.16. The molecule has 0 saturated carbocycles. The molecule has 0 fully saturated rings. The lowest BCUT2D eigenvalue weighted by Crippen LogP contribution is -2.32. The summed E-state index contributed by atoms with van der Waals surface area (Å²) in [7, 11) is 1.88. The molecule has 3 rings (SSSR count). The van der Waals surface area contributed by atoms with Crippen molar-refractivity contribution in [2.75, 3.05) is 6.54 Å². The molecule has 0 bridgehead atoms. The predicted molar refractivity (Wildman–Crippen MR) is 105 cm³/mol. The number of aromatic nitrogens is 4. The fraction of sp³-hybridized carbons (Fsp3) is 0.400. The smallest absolute Gasteiger partial charge is 0.274 e. The Kier molecular flexibility index (Phi) is 5.69. The monoisotopic (exact) mass is 367 g/mol. The van der Waals surface area contributed by atoms with Crippen molar-refractivity contribution < 1.29 is 4.79 Å². The lowest BCUT2D eigenvalue weighted by molar-refractivity contribution is 0.0947. The van der Waals surface area contributed by atoms with Gasteiger partial charge in [0.05, 0.1) is 11.6 Å². The Hall–Kier alpha value is -2.96. The van der Waals surface area contributed by atoms with E-state index in [1.54, 1.807) is 22.9 Å². The standard InChI is InChI=1S/C20H25N5O2/c1-14(2)12-25-20(27)17-9-5-4-8-16(17)18(23-25)19(26)21-10-6-7-15-11-22-24(3)13-15/h4-5,8-9,11,13-14H,6-7,10,12H2,1-3H3,(H,21,26). The third-order valence-electron chi connectivity index (χ3n) is 4.31. The van der Waals surface area contributed by atoms with Crippen LogP contribution in [0.15, 0.2) is 41.5 Å². The summed E-state index contributed by atoms with van der Waals surface area (Å²) in [6.45, 7) is 5.04. The minimum atomic E-state index is -0.255. The number of nitrogens with one attached hydrogen (secondary N) is 1. The first kappa shape index (κ1) is 18.8. The molecule has 0 aliphatic heterocycles. The molecule has 1 aromatic carbocycles. The fourth-order valence-corrected chi connectivity index (χ4v) is 3.05. The van der Waals surface area contributed by atoms with Crippen LogP contribution < -0.4 is 10.9 Å². The Balaban J connectivity index is 1.76. The summed E-state index contributed by atoms with van der Waals surface area (Å²) >= 11 is 0. The van der Waals surface area contributed by atoms with Crippen LogP contribution in [0.1, 0.15) is 36.3 Å². The van der Waals surface area contributed by atoms with Gasteiger partial charge in [-0.05, 0) is 30.4 Å². The molecule has 142 valence electrons. The summed E-state index contributed by atoms with van der Waals surface area (Å²) in [5, 5.41) is 12.5. The first-order valence-electron chi connectivity index (χ1n) is 9.21. The lowest BCUT2D eigenvalue weighted by atomic mass is 10.1. The molecule has 0 aliphatic rings. The summed E-state index contributed by atoms with van der Waals surface area (Å²) in [5.74, 6) is 0.00153. The Morgan fingerprint density at radius 1 is 1.22 bits per heavy atom. The van der Waals surface area contributed by atoms with Crippen LogP contribution in [0.4, 0.5) is 0 Å². The molecule has 0 atom stereocenters. The number of carbonyl (C=O) groups excluding carboxylic acids is 1. The third kappa shape index (κ3) is 4.42. The average molecular weight is 367 g/mol. The number of benzene rings is 1. The zero-order chi connectivity index (χ0) is 19.4. The van der Waals surface area contributed by atoms with Gasteiger partial charge in [0.25, 0.3) is 11.5 Å². The van der Waals surface area contributed by atoms with Crippen molar-refractivity contribution in [3.8, 4) is 0 Å². The van der Waals surface area contributed by atoms with E-state index < -0.39 is 0 Å². The molecule has 3 aromatic rings. The molecule has 0 saturated heterocycles. The molecular formula is C20H25N5O2. The van der Waals surface area contributed by atoms with Crippen molar-refractivity contribution >= 4 is 16.7 Å². The maximum absolute atomic E-state index is 12.7. The molecule has 1 N–H and O–H groups in total. The van der Waals surface area contributed by atoms with Gasteiger partial charge in [0.2, 0.25) is 0 Å². The number of aryl methyl sites for hydroxylation is 2. The third-order valence-corrected chi connectivity index (χ3v) is 4.31. The first-order chi connectivity index (χ1) is 13.0. The van der Waals surface area contributed by atoms with Crippen molar-refractivity contribution in [1.29, 1.82) is 0 Å². The van der Waals surface area contributed by atoms with E-state index in [4.69, 9.17) is 0 Å². The van der Waals surface area contributed by atoms with Gasteiger partial charge >= 0.3 is 0 Å². The van der Waals surface area contributed by atoms with Gasteiger partial charge in [-0.2, -0.15) is 10.2 Å². The molecule has 7 nitrogen and oxygen atoms in total. The van der Waals surface area contributed by atoms with E-state index in [1.165, 1.54) is 4.68 Å². The van der Waals surface area contributed by atoms with Gasteiger partial charge in [0, 0.05) is 31.7 Å². The van der Waals surface area contributed by atoms with Gasteiger partial charge in [-0.15, -0.1) is 0 Å². The molecule has 27 heavy (non-hydrogen) atoms. The summed E-state index contributed by atoms with van der Waals surface area (Å²) in [6, 6.07) is 7.14. The zero-order valence-electron chi connectivity index (χ0n) is 16.0. The number of hydrogen-bond donors (Lipinski definition) is 1. The Bertz CT molecular complexity index is 1000. The van der Waals surface area contributed by atoms with Crippen LogP contribution in [-0.4, -0.2) is 32.0 Å². The molecule has 1 amide bonds. The van der Waals surface area contributed by atoms with Crippen molar-refractivity contribution in [3.63, 3.8) is 0 Å². The van der Waals surface area contributed by atoms with Crippen LogP contribution >= 0.6 is 0 Å². The predicted octanol–water partition coefficient (Wildman–Crippen LogP) is 2.15. The van der Waals surface area contributed by atoms with Crippen LogP contribution in [0, 0.1) is 5.92 Å². The number of fused-ring (bicyclic) bond motifs is 1. The molecule has 0 spiro atoms. The normalized spacial score (nSPS) is 11.3. The molecular weight excluding hydrogens is 342 g/mol. The highest BCUT2D eigenvalue weighted by atomic mass is 16.2. The summed E-state index contributed by atoms with van der Waals surface area (Å²) in [6.07, 6.45) is 5.45. The van der Waals surface area contributed by atoms with Crippen LogP contribution in [0.2, 0.25) is 0 Å². The van der Waals surface area contributed by atoms with Gasteiger partial charge < -0.3 is 5.32 Å². The highest BCUT2D eigenvalue weighted by Gasteiger charge is 2.16. The van der Waals surface area contributed by atoms with Gasteiger partial charge in [0.1, 0.15) is 0 Å². The number of carbonyl (C=O) groups is 1. The number of rotatable bonds is 7. The number of nitrogens with zero attached hydrogens (tertiary/aromatic N) is 4. The molecule has 2 heterocycles. The topological polar surface area (TPSA) is 81.8 Å². The van der Waals surface area contributed by atoms with Crippen molar-refractivity contribution in [3.05, 3.63) is 58.3 Å². The maximum Gasteiger partial charge on any atom is 0.274 e. The largest absolute Gasteiger partial charge is 0.351 e. The SMILES string of the molecule is CC(C)Cn1nc(C(=O)NCCCc2cnn(C)c2)c2ccccc2c1=O. The van der Waals surface area contributed by atoms with Crippen LogP contribution in [0.3, 0.4) is 0 Å². The average Bonchev–Trinajstić information content (AvgIpc) is 3.06. The Labute approximate surface area is 158 Å². The van der Waals surface area contributed by atoms with Crippen molar-refractivity contribution in [1.82, 2.24) is 24.9 Å². The van der Waals surface area contributed by atoms with Crippen LogP contribution in [0.25, 0.3) is 10.8 Å². The van der Waals surface area contributed by atoms with E-state index in [0.717, 1.165) is 18.4 Å². The van der Waals surface area contributed by atoms with E-state index in [1.807, 2.05) is 39.4 Å². The van der Waals surface area contributed by atoms with Gasteiger partial charge in [-0.1, -0.05) is 32.0 Å². The van der Waals surface area contributed by atoms with Crippen molar-refractivity contribution in [2.24, 2.45) is 13.0 Å². The van der Waals surface area contributed by atoms with E-state index in [-0.39, 0.29) is 17.4 Å². The minimum Gasteiger partial charge on any atom is -0.351 e. The van der Waals surface area contributed by atoms with Crippen LogP contribution in [-0.2, 0) is 20.0 Å². The molecule has 7 heteroatoms. The zero-order valence-corrected chi connectivity index (χ0v) is 16.0. The van der Waals surface area contributed by atoms with E-state index >= 15 is 0 Å². The van der Waals surface area contributed by atoms with E-state index in [9.17, 15) is 9.59 Å². The Morgan fingerprint density at radius 3 is 2.63 bits per heavy atom. The molecule has 0 aliphatic carbocycles. The summed E-state index contributed by atoms with van der Waals surface area (Å²) in [5.41, 5.74) is 1.28. The highest BCUT2D eigenvalue weighted by Crippen LogP contribution is 2.14. The second-order valence-corrected chi connectivity index (χ2v) is 7.16. The van der Waals surface area contributed by atoms with Crippen molar-refractivity contribution in [2.45, 2.75) is 33.2 Å². The fourth-order valence-electron chi connectivity index (χ4n) is 3.05.